The summed E-state index contributed by atoms with van der Waals surface area (Å²) in [6.07, 6.45) is 5.93. The first-order chi connectivity index (χ1) is 12.2. The summed E-state index contributed by atoms with van der Waals surface area (Å²) in [5, 5.41) is 19.0. The summed E-state index contributed by atoms with van der Waals surface area (Å²) in [5.74, 6) is 0.558. The Kier molecular flexibility index (Phi) is 3.94. The Bertz CT molecular complexity index is 1000. The quantitative estimate of drug-likeness (QED) is 0.589. The van der Waals surface area contributed by atoms with Crippen LogP contribution in [0.15, 0.2) is 37.1 Å². The number of nitrogens with zero attached hydrogens (tertiary/aromatic N) is 6. The summed E-state index contributed by atoms with van der Waals surface area (Å²) in [6.45, 7) is 4.44. The molecular formula is C16H16N6O2S. The van der Waals surface area contributed by atoms with Crippen LogP contribution in [0.2, 0.25) is 0 Å². The normalized spacial score (nSPS) is 12.6. The Hall–Kier alpha value is -2.78. The van der Waals surface area contributed by atoms with Crippen molar-refractivity contribution >= 4 is 16.2 Å². The lowest BCUT2D eigenvalue weighted by Crippen LogP contribution is -2.05. The van der Waals surface area contributed by atoms with E-state index in [0.717, 1.165) is 21.1 Å². The van der Waals surface area contributed by atoms with Crippen molar-refractivity contribution in [2.45, 2.75) is 20.0 Å². The van der Waals surface area contributed by atoms with E-state index in [1.807, 2.05) is 24.3 Å². The maximum Gasteiger partial charge on any atom is 0.213 e. The topological polar surface area (TPSA) is 90.4 Å². The number of hydrogen-bond donors (Lipinski definition) is 1. The van der Waals surface area contributed by atoms with Gasteiger partial charge in [-0.25, -0.2) is 14.6 Å². The van der Waals surface area contributed by atoms with Crippen LogP contribution in [0.3, 0.4) is 0 Å². The zero-order chi connectivity index (χ0) is 17.4. The minimum atomic E-state index is -0.882. The van der Waals surface area contributed by atoms with Crippen LogP contribution >= 0.6 is 11.3 Å². The van der Waals surface area contributed by atoms with Gasteiger partial charge >= 0.3 is 0 Å². The molecule has 4 heterocycles. The van der Waals surface area contributed by atoms with E-state index in [2.05, 4.69) is 20.3 Å². The number of hydrogen-bond acceptors (Lipinski definition) is 7. The Morgan fingerprint density at radius 2 is 2.20 bits per heavy atom. The molecule has 0 spiro atoms. The molecule has 0 aliphatic rings. The highest BCUT2D eigenvalue weighted by atomic mass is 32.1. The standard InChI is InChI=1S/C16H16N6O2S/c1-3-24-13-5-4-11(6-18-13)22-8-12(19-20-22)16(23)15-10(2)25-14-7-17-9-21(14)15/h4-9,16,23H,3H2,1-2H3. The number of aromatic nitrogens is 6. The zero-order valence-electron chi connectivity index (χ0n) is 13.7. The first-order valence-electron chi connectivity index (χ1n) is 7.78. The van der Waals surface area contributed by atoms with Crippen LogP contribution in [0.5, 0.6) is 5.88 Å². The molecule has 0 amide bonds. The van der Waals surface area contributed by atoms with Gasteiger partial charge in [-0.15, -0.1) is 16.4 Å². The molecule has 4 aromatic heterocycles. The van der Waals surface area contributed by atoms with Gasteiger partial charge < -0.3 is 9.84 Å². The van der Waals surface area contributed by atoms with Crippen molar-refractivity contribution < 1.29 is 9.84 Å². The molecule has 0 bridgehead atoms. The number of aryl methyl sites for hydroxylation is 1. The van der Waals surface area contributed by atoms with Crippen molar-refractivity contribution in [3.8, 4) is 11.6 Å². The summed E-state index contributed by atoms with van der Waals surface area (Å²) in [4.78, 5) is 10.3. The van der Waals surface area contributed by atoms with Crippen LogP contribution in [0.4, 0.5) is 0 Å². The molecule has 1 N–H and O–H groups in total. The summed E-state index contributed by atoms with van der Waals surface area (Å²) >= 11 is 1.58. The van der Waals surface area contributed by atoms with Crippen LogP contribution in [0.1, 0.15) is 29.3 Å². The van der Waals surface area contributed by atoms with E-state index < -0.39 is 6.10 Å². The van der Waals surface area contributed by atoms with Gasteiger partial charge in [0.2, 0.25) is 5.88 Å². The largest absolute Gasteiger partial charge is 0.478 e. The fourth-order valence-corrected chi connectivity index (χ4v) is 3.64. The van der Waals surface area contributed by atoms with E-state index >= 15 is 0 Å². The lowest BCUT2D eigenvalue weighted by Gasteiger charge is -2.07. The van der Waals surface area contributed by atoms with Gasteiger partial charge in [0.1, 0.15) is 23.0 Å². The smallest absolute Gasteiger partial charge is 0.213 e. The minimum Gasteiger partial charge on any atom is -0.478 e. The Morgan fingerprint density at radius 3 is 2.96 bits per heavy atom. The molecule has 0 saturated heterocycles. The number of fused-ring (bicyclic) bond motifs is 1. The lowest BCUT2D eigenvalue weighted by molar-refractivity contribution is 0.208. The molecule has 0 aromatic carbocycles. The highest BCUT2D eigenvalue weighted by molar-refractivity contribution is 7.17. The summed E-state index contributed by atoms with van der Waals surface area (Å²) < 4.78 is 8.79. The zero-order valence-corrected chi connectivity index (χ0v) is 14.5. The number of imidazole rings is 1. The number of rotatable bonds is 5. The third kappa shape index (κ3) is 2.77. The second-order valence-electron chi connectivity index (χ2n) is 5.42. The van der Waals surface area contributed by atoms with E-state index in [1.54, 1.807) is 47.0 Å². The van der Waals surface area contributed by atoms with E-state index in [9.17, 15) is 5.11 Å². The maximum atomic E-state index is 10.8. The highest BCUT2D eigenvalue weighted by Crippen LogP contribution is 2.30. The molecule has 4 rings (SSSR count). The number of thiazole rings is 1. The van der Waals surface area contributed by atoms with Crippen molar-refractivity contribution in [3.05, 3.63) is 53.3 Å². The van der Waals surface area contributed by atoms with Crippen LogP contribution in [0.25, 0.3) is 10.5 Å². The van der Waals surface area contributed by atoms with Crippen LogP contribution in [0, 0.1) is 6.92 Å². The Balaban J connectivity index is 1.64. The molecule has 1 atom stereocenters. The third-order valence-corrected chi connectivity index (χ3v) is 4.84. The molecule has 4 aromatic rings. The number of aliphatic hydroxyl groups is 1. The first kappa shape index (κ1) is 15.7. The van der Waals surface area contributed by atoms with E-state index in [1.165, 1.54) is 0 Å². The molecule has 8 nitrogen and oxygen atoms in total. The van der Waals surface area contributed by atoms with Gasteiger partial charge in [-0.1, -0.05) is 5.21 Å². The Labute approximate surface area is 147 Å². The molecule has 0 saturated carbocycles. The molecule has 0 fully saturated rings. The lowest BCUT2D eigenvalue weighted by atomic mass is 10.2. The van der Waals surface area contributed by atoms with Gasteiger partial charge in [-0.2, -0.15) is 0 Å². The van der Waals surface area contributed by atoms with E-state index in [-0.39, 0.29) is 0 Å². The second kappa shape index (κ2) is 6.26. The fourth-order valence-electron chi connectivity index (χ4n) is 2.65. The van der Waals surface area contributed by atoms with Gasteiger partial charge in [-0.3, -0.25) is 4.40 Å². The first-order valence-corrected chi connectivity index (χ1v) is 8.60. The molecule has 128 valence electrons. The Morgan fingerprint density at radius 1 is 1.32 bits per heavy atom. The van der Waals surface area contributed by atoms with Gasteiger partial charge in [0.25, 0.3) is 0 Å². The van der Waals surface area contributed by atoms with E-state index in [0.29, 0.717) is 18.2 Å². The number of aliphatic hydroxyl groups excluding tert-OH is 1. The van der Waals surface area contributed by atoms with Crippen molar-refractivity contribution in [3.63, 3.8) is 0 Å². The second-order valence-corrected chi connectivity index (χ2v) is 6.66. The molecule has 0 aliphatic heterocycles. The highest BCUT2D eigenvalue weighted by Gasteiger charge is 2.22. The number of pyridine rings is 1. The third-order valence-electron chi connectivity index (χ3n) is 3.81. The summed E-state index contributed by atoms with van der Waals surface area (Å²) in [7, 11) is 0. The predicted octanol–water partition coefficient (Wildman–Crippen LogP) is 2.16. The van der Waals surface area contributed by atoms with E-state index in [4.69, 9.17) is 4.74 Å². The summed E-state index contributed by atoms with van der Waals surface area (Å²) in [5.41, 5.74) is 1.96. The maximum absolute atomic E-state index is 10.8. The molecule has 0 radical (unpaired) electrons. The van der Waals surface area contributed by atoms with Crippen LogP contribution in [-0.4, -0.2) is 41.1 Å². The molecule has 9 heteroatoms. The molecular weight excluding hydrogens is 340 g/mol. The number of ether oxygens (including phenoxy) is 1. The SMILES string of the molecule is CCOc1ccc(-n2cc(C(O)c3c(C)sc4cncn34)nn2)cn1. The van der Waals surface area contributed by atoms with Crippen molar-refractivity contribution in [1.29, 1.82) is 0 Å². The predicted molar refractivity (Wildman–Crippen MR) is 92.2 cm³/mol. The van der Waals surface area contributed by atoms with Gasteiger partial charge in [-0.05, 0) is 19.9 Å². The fraction of sp³-hybridized carbons (Fsp3) is 0.250. The summed E-state index contributed by atoms with van der Waals surface area (Å²) in [6, 6.07) is 3.61. The monoisotopic (exact) mass is 356 g/mol. The minimum absolute atomic E-state index is 0.463. The molecule has 25 heavy (non-hydrogen) atoms. The van der Waals surface area contributed by atoms with Crippen molar-refractivity contribution in [1.82, 2.24) is 29.4 Å². The average Bonchev–Trinajstić information content (AvgIpc) is 3.31. The van der Waals surface area contributed by atoms with Gasteiger partial charge in [0.05, 0.1) is 36.6 Å². The molecule has 1 unspecified atom stereocenters. The van der Waals surface area contributed by atoms with Crippen LogP contribution in [-0.2, 0) is 0 Å². The van der Waals surface area contributed by atoms with Gasteiger partial charge in [0, 0.05) is 10.9 Å². The van der Waals surface area contributed by atoms with Crippen molar-refractivity contribution in [2.24, 2.45) is 0 Å². The van der Waals surface area contributed by atoms with Crippen molar-refractivity contribution in [2.75, 3.05) is 6.61 Å². The average molecular weight is 356 g/mol. The molecule has 0 aliphatic carbocycles. The van der Waals surface area contributed by atoms with Crippen LogP contribution < -0.4 is 4.74 Å². The van der Waals surface area contributed by atoms with Gasteiger partial charge in [0.15, 0.2) is 0 Å².